The number of rotatable bonds is 3. The summed E-state index contributed by atoms with van der Waals surface area (Å²) in [7, 11) is 5.87. The van der Waals surface area contributed by atoms with Gasteiger partial charge in [0.1, 0.15) is 0 Å². The maximum absolute atomic E-state index is 13.0. The van der Waals surface area contributed by atoms with Gasteiger partial charge in [-0.05, 0) is 39.8 Å². The number of amides is 1. The summed E-state index contributed by atoms with van der Waals surface area (Å²) in [5.74, 6) is 0.604. The molecule has 0 unspecified atom stereocenters. The first-order valence-electron chi connectivity index (χ1n) is 8.99. The molecular formula is C18H29N5O2. The van der Waals surface area contributed by atoms with Crippen LogP contribution in [-0.4, -0.2) is 84.2 Å². The van der Waals surface area contributed by atoms with Crippen molar-refractivity contribution in [1.82, 2.24) is 19.8 Å². The fraction of sp³-hybridized carbons (Fsp3) is 0.722. The second kappa shape index (κ2) is 6.88. The van der Waals surface area contributed by atoms with Crippen molar-refractivity contribution < 1.29 is 9.90 Å². The molecule has 25 heavy (non-hydrogen) atoms. The number of piperidine rings is 2. The van der Waals surface area contributed by atoms with E-state index >= 15 is 0 Å². The highest BCUT2D eigenvalue weighted by molar-refractivity contribution is 5.95. The van der Waals surface area contributed by atoms with Gasteiger partial charge in [0.15, 0.2) is 0 Å². The smallest absolute Gasteiger partial charge is 0.257 e. The van der Waals surface area contributed by atoms with Crippen LogP contribution in [0, 0.1) is 12.3 Å². The van der Waals surface area contributed by atoms with E-state index in [1.165, 1.54) is 0 Å². The number of fused-ring (bicyclic) bond motifs is 1. The van der Waals surface area contributed by atoms with Crippen LogP contribution in [0.1, 0.15) is 35.3 Å². The van der Waals surface area contributed by atoms with Crippen molar-refractivity contribution in [3.8, 4) is 0 Å². The van der Waals surface area contributed by atoms with Crippen LogP contribution in [0.5, 0.6) is 0 Å². The van der Waals surface area contributed by atoms with Gasteiger partial charge in [0, 0.05) is 44.8 Å². The summed E-state index contributed by atoms with van der Waals surface area (Å²) in [6.07, 6.45) is 4.64. The van der Waals surface area contributed by atoms with Gasteiger partial charge < -0.3 is 19.8 Å². The Morgan fingerprint density at radius 3 is 2.80 bits per heavy atom. The first kappa shape index (κ1) is 18.1. The molecule has 2 aliphatic rings. The Balaban J connectivity index is 1.80. The molecule has 1 aromatic heterocycles. The number of aliphatic hydroxyl groups is 1. The summed E-state index contributed by atoms with van der Waals surface area (Å²) in [6.45, 7) is 4.41. The number of aliphatic hydroxyl groups excluding tert-OH is 1. The first-order valence-corrected chi connectivity index (χ1v) is 8.99. The molecule has 1 N–H and O–H groups in total. The Morgan fingerprint density at radius 1 is 1.40 bits per heavy atom. The van der Waals surface area contributed by atoms with E-state index in [1.807, 2.05) is 30.8 Å². The van der Waals surface area contributed by atoms with Gasteiger partial charge in [-0.3, -0.25) is 4.79 Å². The average Bonchev–Trinajstić information content (AvgIpc) is 2.61. The van der Waals surface area contributed by atoms with Crippen molar-refractivity contribution in [2.45, 2.75) is 32.2 Å². The standard InChI is InChI=1S/C18H29N5O2/c1-13-14(10-19-17(20-13)21(2)3)16(25)23-9-7-18(12-24)6-5-8-22(4)15(18)11-23/h10,15,24H,5-9,11-12H2,1-4H3/t15-,18-/m1/s1. The number of hydrogen-bond donors (Lipinski definition) is 1. The van der Waals surface area contributed by atoms with Gasteiger partial charge in [-0.2, -0.15) is 0 Å². The van der Waals surface area contributed by atoms with Crippen LogP contribution in [0.15, 0.2) is 6.20 Å². The molecule has 3 heterocycles. The molecule has 2 aliphatic heterocycles. The van der Waals surface area contributed by atoms with Gasteiger partial charge >= 0.3 is 0 Å². The van der Waals surface area contributed by atoms with Crippen molar-refractivity contribution in [1.29, 1.82) is 0 Å². The van der Waals surface area contributed by atoms with Crippen LogP contribution >= 0.6 is 0 Å². The van der Waals surface area contributed by atoms with Crippen molar-refractivity contribution in [3.63, 3.8) is 0 Å². The highest BCUT2D eigenvalue weighted by Crippen LogP contribution is 2.41. The fourth-order valence-corrected chi connectivity index (χ4v) is 4.25. The summed E-state index contributed by atoms with van der Waals surface area (Å²) < 4.78 is 0. The Morgan fingerprint density at radius 2 is 2.16 bits per heavy atom. The molecule has 1 amide bonds. The van der Waals surface area contributed by atoms with Crippen LogP contribution in [0.4, 0.5) is 5.95 Å². The van der Waals surface area contributed by atoms with E-state index in [4.69, 9.17) is 0 Å². The van der Waals surface area contributed by atoms with E-state index < -0.39 is 0 Å². The predicted molar refractivity (Wildman–Crippen MR) is 96.8 cm³/mol. The number of hydrogen-bond acceptors (Lipinski definition) is 6. The Hall–Kier alpha value is -1.73. The zero-order valence-electron chi connectivity index (χ0n) is 15.7. The number of carbonyl (C=O) groups is 1. The number of aryl methyl sites for hydroxylation is 1. The average molecular weight is 347 g/mol. The number of likely N-dealkylation sites (N-methyl/N-ethyl adjacent to an activating group) is 1. The van der Waals surface area contributed by atoms with E-state index in [0.29, 0.717) is 30.3 Å². The van der Waals surface area contributed by atoms with Crippen LogP contribution in [-0.2, 0) is 0 Å². The lowest BCUT2D eigenvalue weighted by Gasteiger charge is -2.53. The monoisotopic (exact) mass is 347 g/mol. The predicted octanol–water partition coefficient (Wildman–Crippen LogP) is 0.770. The summed E-state index contributed by atoms with van der Waals surface area (Å²) >= 11 is 0. The Kier molecular flexibility index (Phi) is 4.97. The molecule has 0 aliphatic carbocycles. The summed E-state index contributed by atoms with van der Waals surface area (Å²) in [5.41, 5.74) is 1.21. The van der Waals surface area contributed by atoms with Gasteiger partial charge in [-0.25, -0.2) is 9.97 Å². The van der Waals surface area contributed by atoms with Crippen LogP contribution < -0.4 is 4.90 Å². The van der Waals surface area contributed by atoms with E-state index in [0.717, 1.165) is 25.8 Å². The second-order valence-corrected chi connectivity index (χ2v) is 7.69. The molecule has 138 valence electrons. The lowest BCUT2D eigenvalue weighted by molar-refractivity contribution is -0.0601. The highest BCUT2D eigenvalue weighted by Gasteiger charge is 2.47. The maximum atomic E-state index is 13.0. The zero-order valence-corrected chi connectivity index (χ0v) is 15.7. The molecule has 0 saturated carbocycles. The SMILES string of the molecule is Cc1nc(N(C)C)ncc1C(=O)N1CC[C@@]2(CO)CCCN(C)[C@@H]2C1. The Bertz CT molecular complexity index is 650. The number of nitrogens with zero attached hydrogens (tertiary/aromatic N) is 5. The number of anilines is 1. The third-order valence-corrected chi connectivity index (χ3v) is 5.90. The van der Waals surface area contributed by atoms with Gasteiger partial charge in [0.25, 0.3) is 5.91 Å². The normalized spacial score (nSPS) is 27.1. The summed E-state index contributed by atoms with van der Waals surface area (Å²) in [4.78, 5) is 27.8. The van der Waals surface area contributed by atoms with E-state index in [2.05, 4.69) is 21.9 Å². The summed E-state index contributed by atoms with van der Waals surface area (Å²) in [5, 5.41) is 10.0. The molecule has 0 bridgehead atoms. The van der Waals surface area contributed by atoms with Gasteiger partial charge in [0.05, 0.1) is 17.9 Å². The second-order valence-electron chi connectivity index (χ2n) is 7.69. The minimum atomic E-state index is -0.0654. The van der Waals surface area contributed by atoms with Crippen molar-refractivity contribution in [2.75, 3.05) is 52.3 Å². The van der Waals surface area contributed by atoms with Gasteiger partial charge in [-0.15, -0.1) is 0 Å². The van der Waals surface area contributed by atoms with Crippen LogP contribution in [0.2, 0.25) is 0 Å². The molecule has 7 nitrogen and oxygen atoms in total. The quantitative estimate of drug-likeness (QED) is 0.871. The molecular weight excluding hydrogens is 318 g/mol. The fourth-order valence-electron chi connectivity index (χ4n) is 4.25. The molecule has 2 atom stereocenters. The molecule has 0 spiro atoms. The lowest BCUT2D eigenvalue weighted by Crippen LogP contribution is -2.62. The number of aromatic nitrogens is 2. The number of carbonyl (C=O) groups excluding carboxylic acids is 1. The largest absolute Gasteiger partial charge is 0.396 e. The molecule has 3 rings (SSSR count). The third kappa shape index (κ3) is 3.22. The molecule has 0 radical (unpaired) electrons. The van der Waals surface area contributed by atoms with E-state index in [-0.39, 0.29) is 24.0 Å². The van der Waals surface area contributed by atoms with Crippen molar-refractivity contribution in [2.24, 2.45) is 5.41 Å². The molecule has 7 heteroatoms. The van der Waals surface area contributed by atoms with Gasteiger partial charge in [-0.1, -0.05) is 0 Å². The molecule has 0 aromatic carbocycles. The number of likely N-dealkylation sites (tertiary alicyclic amines) is 2. The summed E-state index contributed by atoms with van der Waals surface area (Å²) in [6, 6.07) is 0.214. The zero-order chi connectivity index (χ0) is 18.2. The highest BCUT2D eigenvalue weighted by atomic mass is 16.3. The lowest BCUT2D eigenvalue weighted by atomic mass is 9.69. The van der Waals surface area contributed by atoms with E-state index in [1.54, 1.807) is 6.20 Å². The molecule has 2 saturated heterocycles. The maximum Gasteiger partial charge on any atom is 0.257 e. The first-order chi connectivity index (χ1) is 11.9. The molecule has 1 aromatic rings. The van der Waals surface area contributed by atoms with Crippen LogP contribution in [0.3, 0.4) is 0 Å². The minimum Gasteiger partial charge on any atom is -0.396 e. The van der Waals surface area contributed by atoms with Crippen molar-refractivity contribution in [3.05, 3.63) is 17.5 Å². The van der Waals surface area contributed by atoms with Crippen molar-refractivity contribution >= 4 is 11.9 Å². The van der Waals surface area contributed by atoms with Gasteiger partial charge in [0.2, 0.25) is 5.95 Å². The topological polar surface area (TPSA) is 72.8 Å². The van der Waals surface area contributed by atoms with Crippen LogP contribution in [0.25, 0.3) is 0 Å². The molecule has 2 fully saturated rings. The van der Waals surface area contributed by atoms with E-state index in [9.17, 15) is 9.90 Å². The minimum absolute atomic E-state index is 0.00619. The third-order valence-electron chi connectivity index (χ3n) is 5.90. The Labute approximate surface area is 149 Å².